The molecule has 0 spiro atoms. The number of carbonyl (C=O) groups excluding carboxylic acids is 2. The van der Waals surface area contributed by atoms with Gasteiger partial charge in [-0.05, 0) is 28.3 Å². The average Bonchev–Trinajstić information content (AvgIpc) is 2.62. The molecule has 0 unspecified atom stereocenters. The number of hydrogen-bond donors (Lipinski definition) is 1. The second-order valence-electron chi connectivity index (χ2n) is 6.82. The number of nitrogens with zero attached hydrogens (tertiary/aromatic N) is 2. The van der Waals surface area contributed by atoms with Gasteiger partial charge in [0, 0.05) is 39.6 Å². The highest BCUT2D eigenvalue weighted by molar-refractivity contribution is 5.77. The lowest BCUT2D eigenvalue weighted by Gasteiger charge is -2.34. The van der Waals surface area contributed by atoms with Crippen LogP contribution in [0.2, 0.25) is 0 Å². The Hall–Kier alpha value is -2.66. The van der Waals surface area contributed by atoms with Crippen molar-refractivity contribution in [2.24, 2.45) is 5.73 Å². The van der Waals surface area contributed by atoms with Crippen LogP contribution >= 0.6 is 0 Å². The molecule has 0 atom stereocenters. The lowest BCUT2D eigenvalue weighted by Crippen LogP contribution is -2.47. The van der Waals surface area contributed by atoms with Crippen molar-refractivity contribution >= 4 is 11.8 Å². The van der Waals surface area contributed by atoms with Crippen molar-refractivity contribution in [3.05, 3.63) is 59.7 Å². The first-order valence-corrected chi connectivity index (χ1v) is 8.96. The Morgan fingerprint density at radius 2 is 1.62 bits per heavy atom. The Labute approximate surface area is 154 Å². The predicted molar refractivity (Wildman–Crippen MR) is 102 cm³/mol. The maximum atomic E-state index is 11.4. The van der Waals surface area contributed by atoms with Crippen LogP contribution < -0.4 is 5.73 Å². The van der Waals surface area contributed by atoms with Gasteiger partial charge in [-0.15, -0.1) is 0 Å². The summed E-state index contributed by atoms with van der Waals surface area (Å²) in [6, 6.07) is 16.5. The monoisotopic (exact) mass is 351 g/mol. The Bertz CT molecular complexity index is 778. The van der Waals surface area contributed by atoms with Gasteiger partial charge in [0.05, 0.1) is 6.42 Å². The fourth-order valence-electron chi connectivity index (χ4n) is 3.34. The van der Waals surface area contributed by atoms with Crippen LogP contribution in [0.25, 0.3) is 11.1 Å². The molecule has 0 bridgehead atoms. The Kier molecular flexibility index (Phi) is 5.68. The molecule has 2 N–H and O–H groups in total. The van der Waals surface area contributed by atoms with Crippen molar-refractivity contribution < 1.29 is 9.59 Å². The minimum atomic E-state index is -0.315. The molecule has 0 aliphatic carbocycles. The minimum Gasteiger partial charge on any atom is -0.369 e. The molecule has 5 nitrogen and oxygen atoms in total. The molecule has 2 aromatic carbocycles. The van der Waals surface area contributed by atoms with Gasteiger partial charge in [0.1, 0.15) is 0 Å². The summed E-state index contributed by atoms with van der Waals surface area (Å²) in [4.78, 5) is 26.7. The zero-order valence-electron chi connectivity index (χ0n) is 15.1. The smallest absolute Gasteiger partial charge is 0.221 e. The third-order valence-electron chi connectivity index (χ3n) is 4.82. The topological polar surface area (TPSA) is 66.6 Å². The third kappa shape index (κ3) is 4.70. The van der Waals surface area contributed by atoms with Crippen LogP contribution in [0.1, 0.15) is 18.1 Å². The number of benzene rings is 2. The van der Waals surface area contributed by atoms with Gasteiger partial charge in [0.2, 0.25) is 11.8 Å². The SMILES string of the molecule is CC(=O)N1CCN(Cc2cccc(-c3ccc(CC(N)=O)cc3)c2)CC1. The van der Waals surface area contributed by atoms with E-state index in [9.17, 15) is 9.59 Å². The summed E-state index contributed by atoms with van der Waals surface area (Å²) in [6.07, 6.45) is 0.270. The van der Waals surface area contributed by atoms with Gasteiger partial charge in [-0.2, -0.15) is 0 Å². The highest BCUT2D eigenvalue weighted by atomic mass is 16.2. The second-order valence-corrected chi connectivity index (χ2v) is 6.82. The van der Waals surface area contributed by atoms with Gasteiger partial charge in [-0.25, -0.2) is 0 Å². The van der Waals surface area contributed by atoms with Crippen molar-refractivity contribution in [3.8, 4) is 11.1 Å². The summed E-state index contributed by atoms with van der Waals surface area (Å²) < 4.78 is 0. The maximum Gasteiger partial charge on any atom is 0.221 e. The maximum absolute atomic E-state index is 11.4. The molecule has 2 aromatic rings. The average molecular weight is 351 g/mol. The normalized spacial score (nSPS) is 15.0. The highest BCUT2D eigenvalue weighted by Gasteiger charge is 2.18. The predicted octanol–water partition coefficient (Wildman–Crippen LogP) is 2.05. The molecule has 0 aromatic heterocycles. The van der Waals surface area contributed by atoms with E-state index >= 15 is 0 Å². The number of hydrogen-bond acceptors (Lipinski definition) is 3. The largest absolute Gasteiger partial charge is 0.369 e. The third-order valence-corrected chi connectivity index (χ3v) is 4.82. The van der Waals surface area contributed by atoms with Crippen LogP contribution in [-0.2, 0) is 22.6 Å². The second kappa shape index (κ2) is 8.15. The van der Waals surface area contributed by atoms with E-state index in [0.717, 1.165) is 49.4 Å². The van der Waals surface area contributed by atoms with Crippen molar-refractivity contribution in [3.63, 3.8) is 0 Å². The van der Waals surface area contributed by atoms with Crippen molar-refractivity contribution in [1.29, 1.82) is 0 Å². The van der Waals surface area contributed by atoms with E-state index in [2.05, 4.69) is 29.2 Å². The Balaban J connectivity index is 1.65. The molecule has 0 saturated carbocycles. The van der Waals surface area contributed by atoms with Crippen molar-refractivity contribution in [2.45, 2.75) is 19.9 Å². The molecule has 2 amide bonds. The molecular weight excluding hydrogens is 326 g/mol. The number of piperazine rings is 1. The van der Waals surface area contributed by atoms with Crippen LogP contribution in [-0.4, -0.2) is 47.8 Å². The fourth-order valence-corrected chi connectivity index (χ4v) is 3.34. The summed E-state index contributed by atoms with van der Waals surface area (Å²) in [6.45, 7) is 5.94. The quantitative estimate of drug-likeness (QED) is 0.896. The molecule has 1 fully saturated rings. The van der Waals surface area contributed by atoms with E-state index in [1.165, 1.54) is 5.56 Å². The van der Waals surface area contributed by atoms with E-state index in [-0.39, 0.29) is 18.2 Å². The molecule has 3 rings (SSSR count). The first-order chi connectivity index (χ1) is 12.5. The summed E-state index contributed by atoms with van der Waals surface area (Å²) in [5.74, 6) is -0.156. The van der Waals surface area contributed by atoms with Gasteiger partial charge in [-0.1, -0.05) is 42.5 Å². The van der Waals surface area contributed by atoms with E-state index in [1.54, 1.807) is 6.92 Å². The fraction of sp³-hybridized carbons (Fsp3) is 0.333. The Morgan fingerprint density at radius 1 is 0.923 bits per heavy atom. The number of amides is 2. The van der Waals surface area contributed by atoms with Crippen LogP contribution in [0, 0.1) is 0 Å². The molecular formula is C21H25N3O2. The number of rotatable bonds is 5. The summed E-state index contributed by atoms with van der Waals surface area (Å²) in [5.41, 5.74) is 9.73. The van der Waals surface area contributed by atoms with Gasteiger partial charge in [-0.3, -0.25) is 14.5 Å². The number of nitrogens with two attached hydrogens (primary N) is 1. The Morgan fingerprint density at radius 3 is 2.23 bits per heavy atom. The molecule has 1 heterocycles. The summed E-state index contributed by atoms with van der Waals surface area (Å²) in [7, 11) is 0. The minimum absolute atomic E-state index is 0.159. The lowest BCUT2D eigenvalue weighted by molar-refractivity contribution is -0.130. The number of primary amides is 1. The zero-order valence-corrected chi connectivity index (χ0v) is 15.1. The molecule has 0 radical (unpaired) electrons. The molecule has 1 saturated heterocycles. The van der Waals surface area contributed by atoms with Crippen molar-refractivity contribution in [1.82, 2.24) is 9.80 Å². The van der Waals surface area contributed by atoms with E-state index in [4.69, 9.17) is 5.73 Å². The van der Waals surface area contributed by atoms with Crippen LogP contribution in [0.3, 0.4) is 0 Å². The van der Waals surface area contributed by atoms with Gasteiger partial charge >= 0.3 is 0 Å². The van der Waals surface area contributed by atoms with E-state index in [1.807, 2.05) is 29.2 Å². The standard InChI is InChI=1S/C21H25N3O2/c1-16(25)24-11-9-23(10-12-24)15-18-3-2-4-20(13-18)19-7-5-17(6-8-19)14-21(22)26/h2-8,13H,9-12,14-15H2,1H3,(H2,22,26). The first-order valence-electron chi connectivity index (χ1n) is 8.96. The zero-order chi connectivity index (χ0) is 18.5. The van der Waals surface area contributed by atoms with Crippen LogP contribution in [0.15, 0.2) is 48.5 Å². The number of carbonyl (C=O) groups is 2. The van der Waals surface area contributed by atoms with E-state index in [0.29, 0.717) is 0 Å². The van der Waals surface area contributed by atoms with Crippen LogP contribution in [0.4, 0.5) is 0 Å². The van der Waals surface area contributed by atoms with Gasteiger partial charge < -0.3 is 10.6 Å². The van der Waals surface area contributed by atoms with E-state index < -0.39 is 0 Å². The lowest BCUT2D eigenvalue weighted by atomic mass is 10.0. The molecule has 136 valence electrons. The van der Waals surface area contributed by atoms with Crippen molar-refractivity contribution in [2.75, 3.05) is 26.2 Å². The van der Waals surface area contributed by atoms with Crippen LogP contribution in [0.5, 0.6) is 0 Å². The molecule has 1 aliphatic rings. The summed E-state index contributed by atoms with van der Waals surface area (Å²) >= 11 is 0. The molecule has 5 heteroatoms. The molecule has 26 heavy (non-hydrogen) atoms. The van der Waals surface area contributed by atoms with Gasteiger partial charge in [0.15, 0.2) is 0 Å². The molecule has 1 aliphatic heterocycles. The van der Waals surface area contributed by atoms with Gasteiger partial charge in [0.25, 0.3) is 0 Å². The highest BCUT2D eigenvalue weighted by Crippen LogP contribution is 2.22. The first kappa shape index (κ1) is 18.1. The summed E-state index contributed by atoms with van der Waals surface area (Å²) in [5, 5.41) is 0.